The van der Waals surface area contributed by atoms with Crippen molar-refractivity contribution in [1.82, 2.24) is 19.7 Å². The number of aromatic nitrogens is 4. The number of benzene rings is 2. The lowest BCUT2D eigenvalue weighted by atomic mass is 10.1. The molecule has 36 heavy (non-hydrogen) atoms. The Morgan fingerprint density at radius 3 is 2.53 bits per heavy atom. The van der Waals surface area contributed by atoms with Crippen molar-refractivity contribution in [3.8, 4) is 22.8 Å². The van der Waals surface area contributed by atoms with Gasteiger partial charge in [-0.25, -0.2) is 13.8 Å². The van der Waals surface area contributed by atoms with Gasteiger partial charge >= 0.3 is 0 Å². The number of carbonyl (C=O) groups is 1. The first kappa shape index (κ1) is 23.0. The second-order valence-electron chi connectivity index (χ2n) is 8.26. The number of aryl methyl sites for hydroxylation is 2. The first-order chi connectivity index (χ1) is 17.3. The number of fused-ring (bicyclic) bond motifs is 1. The van der Waals surface area contributed by atoms with Gasteiger partial charge in [-0.2, -0.15) is 4.98 Å². The maximum absolute atomic E-state index is 13.7. The summed E-state index contributed by atoms with van der Waals surface area (Å²) in [5.41, 5.74) is 2.18. The van der Waals surface area contributed by atoms with Crippen LogP contribution >= 0.6 is 0 Å². The molecule has 0 unspecified atom stereocenters. The number of rotatable bonds is 5. The molecule has 5 rings (SSSR count). The van der Waals surface area contributed by atoms with E-state index >= 15 is 0 Å². The van der Waals surface area contributed by atoms with Crippen molar-refractivity contribution in [3.05, 3.63) is 93.9 Å². The summed E-state index contributed by atoms with van der Waals surface area (Å²) in [5, 5.41) is 6.86. The zero-order chi connectivity index (χ0) is 25.4. The van der Waals surface area contributed by atoms with Crippen LogP contribution in [0, 0.1) is 25.5 Å². The maximum Gasteiger partial charge on any atom is 0.263 e. The monoisotopic (exact) mass is 487 g/mol. The van der Waals surface area contributed by atoms with E-state index in [1.54, 1.807) is 32.0 Å². The van der Waals surface area contributed by atoms with E-state index in [0.29, 0.717) is 28.2 Å². The third-order valence-corrected chi connectivity index (χ3v) is 5.61. The van der Waals surface area contributed by atoms with Crippen LogP contribution in [0.1, 0.15) is 11.3 Å². The smallest absolute Gasteiger partial charge is 0.263 e. The highest BCUT2D eigenvalue weighted by molar-refractivity contribution is 5.92. The molecule has 0 saturated carbocycles. The molecule has 1 amide bonds. The average molecular weight is 487 g/mol. The predicted molar refractivity (Wildman–Crippen MR) is 129 cm³/mol. The molecule has 0 spiro atoms. The van der Waals surface area contributed by atoms with Crippen molar-refractivity contribution in [1.29, 1.82) is 0 Å². The summed E-state index contributed by atoms with van der Waals surface area (Å²) >= 11 is 0. The molecular formula is C26H19F2N5O3. The van der Waals surface area contributed by atoms with Gasteiger partial charge in [0.25, 0.3) is 5.89 Å². The fraction of sp³-hybridized carbons (Fsp3) is 0.115. The molecule has 0 aliphatic carbocycles. The molecule has 10 heteroatoms. The lowest BCUT2D eigenvalue weighted by Gasteiger charge is -2.13. The van der Waals surface area contributed by atoms with Gasteiger partial charge in [0.05, 0.1) is 5.39 Å². The summed E-state index contributed by atoms with van der Waals surface area (Å²) in [6, 6.07) is 12.9. The highest BCUT2D eigenvalue weighted by Gasteiger charge is 2.19. The van der Waals surface area contributed by atoms with E-state index in [1.807, 2.05) is 0 Å². The third kappa shape index (κ3) is 4.48. The Morgan fingerprint density at radius 2 is 1.75 bits per heavy atom. The fourth-order valence-electron chi connectivity index (χ4n) is 3.76. The van der Waals surface area contributed by atoms with E-state index < -0.39 is 23.0 Å². The summed E-state index contributed by atoms with van der Waals surface area (Å²) in [4.78, 5) is 34.9. The highest BCUT2D eigenvalue weighted by atomic mass is 19.1. The molecule has 0 radical (unpaired) electrons. The number of carbonyl (C=O) groups excluding carboxylic acids is 1. The van der Waals surface area contributed by atoms with Crippen LogP contribution < -0.4 is 10.7 Å². The van der Waals surface area contributed by atoms with Crippen molar-refractivity contribution >= 4 is 22.6 Å². The average Bonchev–Trinajstić information content (AvgIpc) is 3.33. The number of anilines is 1. The quantitative estimate of drug-likeness (QED) is 0.387. The number of hydrogen-bond acceptors (Lipinski definition) is 6. The first-order valence-electron chi connectivity index (χ1n) is 11.0. The van der Waals surface area contributed by atoms with E-state index in [-0.39, 0.29) is 29.2 Å². The molecule has 0 aliphatic heterocycles. The van der Waals surface area contributed by atoms with Gasteiger partial charge in [-0.3, -0.25) is 9.59 Å². The summed E-state index contributed by atoms with van der Waals surface area (Å²) < 4.78 is 33.8. The zero-order valence-corrected chi connectivity index (χ0v) is 19.3. The summed E-state index contributed by atoms with van der Waals surface area (Å²) in [5.74, 6) is -1.21. The van der Waals surface area contributed by atoms with Gasteiger partial charge in [-0.15, -0.1) is 0 Å². The molecule has 2 aromatic carbocycles. The van der Waals surface area contributed by atoms with Crippen LogP contribution in [0.4, 0.5) is 14.5 Å². The summed E-state index contributed by atoms with van der Waals surface area (Å²) in [6.07, 6.45) is 1.43. The van der Waals surface area contributed by atoms with Crippen LogP contribution in [-0.2, 0) is 11.3 Å². The number of hydrogen-bond donors (Lipinski definition) is 1. The Bertz CT molecular complexity index is 1680. The Kier molecular flexibility index (Phi) is 5.85. The lowest BCUT2D eigenvalue weighted by Crippen LogP contribution is -2.22. The van der Waals surface area contributed by atoms with Gasteiger partial charge in [0.1, 0.15) is 29.4 Å². The molecule has 3 heterocycles. The van der Waals surface area contributed by atoms with Crippen molar-refractivity contribution in [2.45, 2.75) is 20.4 Å². The largest absolute Gasteiger partial charge is 0.333 e. The molecule has 0 atom stereocenters. The van der Waals surface area contributed by atoms with Crippen molar-refractivity contribution in [2.24, 2.45) is 0 Å². The first-order valence-corrected chi connectivity index (χ1v) is 11.0. The van der Waals surface area contributed by atoms with Crippen LogP contribution in [0.2, 0.25) is 0 Å². The van der Waals surface area contributed by atoms with Crippen LogP contribution in [0.3, 0.4) is 0 Å². The molecule has 0 bridgehead atoms. The minimum atomic E-state index is -0.474. The minimum absolute atomic E-state index is 0.0584. The van der Waals surface area contributed by atoms with Crippen molar-refractivity contribution < 1.29 is 18.1 Å². The highest BCUT2D eigenvalue weighted by Crippen LogP contribution is 2.23. The number of pyridine rings is 2. The Labute approximate surface area is 203 Å². The van der Waals surface area contributed by atoms with E-state index in [0.717, 1.165) is 0 Å². The van der Waals surface area contributed by atoms with Gasteiger partial charge in [0.2, 0.25) is 17.2 Å². The maximum atomic E-state index is 13.7. The second kappa shape index (κ2) is 9.14. The van der Waals surface area contributed by atoms with E-state index in [4.69, 9.17) is 4.52 Å². The number of amides is 1. The van der Waals surface area contributed by atoms with Gasteiger partial charge < -0.3 is 14.4 Å². The SMILES string of the molecule is Cc1ccc2c(=O)c(-c3nc(-c4ccc(F)cc4)no3)cn(CC(=O)Nc3cc(F)ccc3C)c2n1. The lowest BCUT2D eigenvalue weighted by molar-refractivity contribution is -0.116. The Morgan fingerprint density at radius 1 is 1.00 bits per heavy atom. The topological polar surface area (TPSA) is 103 Å². The zero-order valence-electron chi connectivity index (χ0n) is 19.3. The minimum Gasteiger partial charge on any atom is -0.333 e. The standard InChI is InChI=1S/C26H19F2N5O3/c1-14-3-7-18(28)11-21(14)30-22(34)13-33-12-20(23(35)19-10-4-15(2)29-25(19)33)26-31-24(32-36-26)16-5-8-17(27)9-6-16/h3-12H,13H2,1-2H3,(H,30,34). The molecular weight excluding hydrogens is 468 g/mol. The van der Waals surface area contributed by atoms with E-state index in [2.05, 4.69) is 20.4 Å². The van der Waals surface area contributed by atoms with Gasteiger partial charge in [-0.05, 0) is 67.9 Å². The molecule has 0 saturated heterocycles. The van der Waals surface area contributed by atoms with E-state index in [1.165, 1.54) is 47.2 Å². The fourth-order valence-corrected chi connectivity index (χ4v) is 3.76. The predicted octanol–water partition coefficient (Wildman–Crippen LogP) is 4.65. The molecule has 3 aromatic heterocycles. The van der Waals surface area contributed by atoms with Crippen molar-refractivity contribution in [3.63, 3.8) is 0 Å². The van der Waals surface area contributed by atoms with Crippen LogP contribution in [0.25, 0.3) is 33.9 Å². The summed E-state index contributed by atoms with van der Waals surface area (Å²) in [7, 11) is 0. The molecule has 1 N–H and O–H groups in total. The Balaban J connectivity index is 1.55. The van der Waals surface area contributed by atoms with Crippen molar-refractivity contribution in [2.75, 3.05) is 5.32 Å². The number of nitrogens with zero attached hydrogens (tertiary/aromatic N) is 4. The molecule has 180 valence electrons. The van der Waals surface area contributed by atoms with Crippen LogP contribution in [-0.4, -0.2) is 25.6 Å². The number of halogens is 2. The normalized spacial score (nSPS) is 11.1. The van der Waals surface area contributed by atoms with Gasteiger partial charge in [0.15, 0.2) is 0 Å². The van der Waals surface area contributed by atoms with Crippen LogP contribution in [0.15, 0.2) is 70.1 Å². The molecule has 0 fully saturated rings. The second-order valence-corrected chi connectivity index (χ2v) is 8.26. The third-order valence-electron chi connectivity index (χ3n) is 5.61. The van der Waals surface area contributed by atoms with E-state index in [9.17, 15) is 18.4 Å². The number of nitrogens with one attached hydrogen (secondary N) is 1. The molecule has 5 aromatic rings. The van der Waals surface area contributed by atoms with Gasteiger partial charge in [-0.1, -0.05) is 11.2 Å². The van der Waals surface area contributed by atoms with Gasteiger partial charge in [0, 0.05) is 23.1 Å². The van der Waals surface area contributed by atoms with Crippen LogP contribution in [0.5, 0.6) is 0 Å². The molecule has 0 aliphatic rings. The Hall–Kier alpha value is -4.73. The summed E-state index contributed by atoms with van der Waals surface area (Å²) in [6.45, 7) is 3.31. The molecule has 8 nitrogen and oxygen atoms in total.